The van der Waals surface area contributed by atoms with Crippen LogP contribution in [-0.4, -0.2) is 27.9 Å². The molecule has 0 amide bonds. The Labute approximate surface area is 120 Å². The van der Waals surface area contributed by atoms with E-state index in [4.69, 9.17) is 0 Å². The molecule has 4 heteroatoms. The van der Waals surface area contributed by atoms with Crippen molar-refractivity contribution in [3.8, 4) is 0 Å². The van der Waals surface area contributed by atoms with E-state index in [-0.39, 0.29) is 0 Å². The molecule has 20 heavy (non-hydrogen) atoms. The van der Waals surface area contributed by atoms with Crippen LogP contribution in [0, 0.1) is 23.7 Å². The highest BCUT2D eigenvalue weighted by molar-refractivity contribution is 5.13. The van der Waals surface area contributed by atoms with Crippen molar-refractivity contribution >= 4 is 0 Å². The van der Waals surface area contributed by atoms with Gasteiger partial charge in [0.25, 0.3) is 0 Å². The van der Waals surface area contributed by atoms with Gasteiger partial charge in [0.05, 0.1) is 0 Å². The molecule has 0 atom stereocenters. The lowest BCUT2D eigenvalue weighted by Crippen LogP contribution is -2.44. The standard InChI is InChI=1S/C16H24N4/c1-2-17-3-4-20-14(1)18-19-16(20)15-12-6-10-5-11(8-12)9-13(15)7-10/h10-13,15,17H,1-9H2. The van der Waals surface area contributed by atoms with Crippen LogP contribution in [0.5, 0.6) is 0 Å². The summed E-state index contributed by atoms with van der Waals surface area (Å²) < 4.78 is 2.47. The Balaban J connectivity index is 1.52. The second-order valence-corrected chi connectivity index (χ2v) is 7.58. The Kier molecular flexibility index (Phi) is 2.52. The maximum atomic E-state index is 4.67. The smallest absolute Gasteiger partial charge is 0.136 e. The molecule has 4 nitrogen and oxygen atoms in total. The van der Waals surface area contributed by atoms with Gasteiger partial charge in [0.1, 0.15) is 11.6 Å². The Hall–Kier alpha value is -0.900. The molecule has 1 N–H and O–H groups in total. The average Bonchev–Trinajstić information content (AvgIpc) is 2.67. The Morgan fingerprint density at radius 2 is 1.65 bits per heavy atom. The number of hydrogen-bond acceptors (Lipinski definition) is 3. The highest BCUT2D eigenvalue weighted by atomic mass is 15.3. The molecule has 6 rings (SSSR count). The molecule has 1 aliphatic heterocycles. The third kappa shape index (κ3) is 1.63. The lowest BCUT2D eigenvalue weighted by atomic mass is 9.51. The van der Waals surface area contributed by atoms with Crippen molar-refractivity contribution in [2.24, 2.45) is 23.7 Å². The van der Waals surface area contributed by atoms with Crippen LogP contribution in [-0.2, 0) is 13.0 Å². The fourth-order valence-electron chi connectivity index (χ4n) is 5.89. The van der Waals surface area contributed by atoms with Crippen molar-refractivity contribution in [2.45, 2.75) is 51.0 Å². The molecular weight excluding hydrogens is 248 g/mol. The minimum atomic E-state index is 0.724. The fourth-order valence-corrected chi connectivity index (χ4v) is 5.89. The first-order valence-corrected chi connectivity index (χ1v) is 8.51. The molecule has 0 aromatic carbocycles. The zero-order valence-electron chi connectivity index (χ0n) is 12.1. The fraction of sp³-hybridized carbons (Fsp3) is 0.875. The molecule has 4 fully saturated rings. The molecule has 4 bridgehead atoms. The van der Waals surface area contributed by atoms with Crippen LogP contribution < -0.4 is 5.32 Å². The van der Waals surface area contributed by atoms with Gasteiger partial charge < -0.3 is 9.88 Å². The first-order valence-electron chi connectivity index (χ1n) is 8.51. The summed E-state index contributed by atoms with van der Waals surface area (Å²) in [5, 5.41) is 12.7. The predicted octanol–water partition coefficient (Wildman–Crippen LogP) is 1.96. The number of aromatic nitrogens is 3. The minimum Gasteiger partial charge on any atom is -0.315 e. The van der Waals surface area contributed by atoms with Gasteiger partial charge >= 0.3 is 0 Å². The molecule has 2 heterocycles. The monoisotopic (exact) mass is 272 g/mol. The van der Waals surface area contributed by atoms with Crippen molar-refractivity contribution in [2.75, 3.05) is 13.1 Å². The van der Waals surface area contributed by atoms with Crippen LogP contribution in [0.4, 0.5) is 0 Å². The molecule has 4 saturated carbocycles. The van der Waals surface area contributed by atoms with E-state index in [1.165, 1.54) is 43.8 Å². The predicted molar refractivity (Wildman–Crippen MR) is 76.4 cm³/mol. The van der Waals surface area contributed by atoms with Crippen molar-refractivity contribution in [1.29, 1.82) is 0 Å². The van der Waals surface area contributed by atoms with E-state index in [0.29, 0.717) is 0 Å². The molecule has 4 aliphatic carbocycles. The summed E-state index contributed by atoms with van der Waals surface area (Å²) in [6.07, 6.45) is 8.45. The minimum absolute atomic E-state index is 0.724. The van der Waals surface area contributed by atoms with E-state index in [1.54, 1.807) is 0 Å². The van der Waals surface area contributed by atoms with E-state index < -0.39 is 0 Å². The Morgan fingerprint density at radius 1 is 0.900 bits per heavy atom. The molecule has 0 radical (unpaired) electrons. The van der Waals surface area contributed by atoms with Crippen LogP contribution >= 0.6 is 0 Å². The summed E-state index contributed by atoms with van der Waals surface area (Å²) in [4.78, 5) is 0. The van der Waals surface area contributed by atoms with E-state index in [0.717, 1.165) is 55.6 Å². The van der Waals surface area contributed by atoms with Crippen molar-refractivity contribution < 1.29 is 0 Å². The van der Waals surface area contributed by atoms with Crippen LogP contribution in [0.3, 0.4) is 0 Å². The van der Waals surface area contributed by atoms with Crippen LogP contribution in [0.25, 0.3) is 0 Å². The average molecular weight is 272 g/mol. The van der Waals surface area contributed by atoms with Gasteiger partial charge in [-0.1, -0.05) is 0 Å². The third-order valence-corrected chi connectivity index (χ3v) is 6.42. The number of hydrogen-bond donors (Lipinski definition) is 1. The SMILES string of the molecule is C1Cc2nnc(C3C4CC5CC(C4)CC3C5)n2CCN1. The maximum absolute atomic E-state index is 4.67. The number of nitrogens with zero attached hydrogens (tertiary/aromatic N) is 3. The zero-order valence-corrected chi connectivity index (χ0v) is 12.1. The van der Waals surface area contributed by atoms with E-state index in [1.807, 2.05) is 0 Å². The van der Waals surface area contributed by atoms with Gasteiger partial charge in [0, 0.05) is 32.0 Å². The van der Waals surface area contributed by atoms with Gasteiger partial charge in [-0.2, -0.15) is 0 Å². The van der Waals surface area contributed by atoms with Gasteiger partial charge in [-0.25, -0.2) is 0 Å². The number of nitrogens with one attached hydrogen (secondary N) is 1. The van der Waals surface area contributed by atoms with E-state index in [2.05, 4.69) is 20.1 Å². The molecule has 0 spiro atoms. The van der Waals surface area contributed by atoms with E-state index in [9.17, 15) is 0 Å². The first-order chi connectivity index (χ1) is 9.88. The molecule has 5 aliphatic rings. The van der Waals surface area contributed by atoms with Gasteiger partial charge in [0.15, 0.2) is 0 Å². The zero-order chi connectivity index (χ0) is 13.1. The third-order valence-electron chi connectivity index (χ3n) is 6.42. The van der Waals surface area contributed by atoms with E-state index >= 15 is 0 Å². The summed E-state index contributed by atoms with van der Waals surface area (Å²) in [7, 11) is 0. The van der Waals surface area contributed by atoms with Gasteiger partial charge in [0.2, 0.25) is 0 Å². The van der Waals surface area contributed by atoms with Crippen molar-refractivity contribution in [1.82, 2.24) is 20.1 Å². The Bertz CT molecular complexity index is 493. The molecule has 0 unspecified atom stereocenters. The quantitative estimate of drug-likeness (QED) is 0.850. The lowest BCUT2D eigenvalue weighted by Gasteiger charge is -2.54. The molecule has 1 aromatic heterocycles. The maximum Gasteiger partial charge on any atom is 0.136 e. The highest BCUT2D eigenvalue weighted by Crippen LogP contribution is 2.59. The van der Waals surface area contributed by atoms with Gasteiger partial charge in [-0.05, 0) is 55.8 Å². The summed E-state index contributed by atoms with van der Waals surface area (Å²) in [5.74, 6) is 7.20. The van der Waals surface area contributed by atoms with Gasteiger partial charge in [-0.15, -0.1) is 10.2 Å². The summed E-state index contributed by atoms with van der Waals surface area (Å²) in [5.41, 5.74) is 0. The number of rotatable bonds is 1. The van der Waals surface area contributed by atoms with Crippen molar-refractivity contribution in [3.05, 3.63) is 11.6 Å². The van der Waals surface area contributed by atoms with Gasteiger partial charge in [-0.3, -0.25) is 0 Å². The van der Waals surface area contributed by atoms with Crippen LogP contribution in [0.1, 0.15) is 49.7 Å². The van der Waals surface area contributed by atoms with Crippen LogP contribution in [0.2, 0.25) is 0 Å². The van der Waals surface area contributed by atoms with Crippen molar-refractivity contribution in [3.63, 3.8) is 0 Å². The summed E-state index contributed by atoms with van der Waals surface area (Å²) in [6.45, 7) is 3.20. The highest BCUT2D eigenvalue weighted by Gasteiger charge is 2.50. The lowest BCUT2D eigenvalue weighted by molar-refractivity contribution is -0.00689. The molecule has 1 aromatic rings. The van der Waals surface area contributed by atoms with Crippen LogP contribution in [0.15, 0.2) is 0 Å². The second kappa shape index (κ2) is 4.30. The molecule has 0 saturated heterocycles. The normalized spacial score (nSPS) is 42.5. The molecular formula is C16H24N4. The molecule has 108 valence electrons. The number of fused-ring (bicyclic) bond motifs is 1. The summed E-state index contributed by atoms with van der Waals surface area (Å²) >= 11 is 0. The second-order valence-electron chi connectivity index (χ2n) is 7.58. The Morgan fingerprint density at radius 3 is 2.40 bits per heavy atom. The summed E-state index contributed by atoms with van der Waals surface area (Å²) in [6, 6.07) is 0. The first kappa shape index (κ1) is 11.7. The topological polar surface area (TPSA) is 42.7 Å². The largest absolute Gasteiger partial charge is 0.315 e.